The van der Waals surface area contributed by atoms with E-state index >= 15 is 0 Å². The zero-order valence-electron chi connectivity index (χ0n) is 15.1. The Morgan fingerprint density at radius 2 is 1.92 bits per heavy atom. The molecule has 0 aliphatic heterocycles. The van der Waals surface area contributed by atoms with Crippen LogP contribution < -0.4 is 5.32 Å². The van der Waals surface area contributed by atoms with Crippen molar-refractivity contribution in [3.63, 3.8) is 0 Å². The van der Waals surface area contributed by atoms with Crippen molar-refractivity contribution in [2.75, 3.05) is 0 Å². The van der Waals surface area contributed by atoms with Crippen LogP contribution in [0.5, 0.6) is 0 Å². The van der Waals surface area contributed by atoms with E-state index in [0.717, 1.165) is 53.3 Å². The van der Waals surface area contributed by atoms with Gasteiger partial charge in [-0.3, -0.25) is 9.59 Å². The SMILES string of the molecule is Cc1cc2occ(CC(=O)OC(C)C(=O)NC3CCCC3)c2cc1C. The van der Waals surface area contributed by atoms with Gasteiger partial charge in [-0.15, -0.1) is 0 Å². The molecule has 5 nitrogen and oxygen atoms in total. The number of ether oxygens (including phenoxy) is 1. The van der Waals surface area contributed by atoms with Crippen molar-refractivity contribution in [2.24, 2.45) is 0 Å². The quantitative estimate of drug-likeness (QED) is 0.843. The number of hydrogen-bond donors (Lipinski definition) is 1. The lowest BCUT2D eigenvalue weighted by molar-refractivity contribution is -0.154. The zero-order chi connectivity index (χ0) is 18.0. The molecular weight excluding hydrogens is 318 g/mol. The summed E-state index contributed by atoms with van der Waals surface area (Å²) in [6.07, 6.45) is 5.20. The van der Waals surface area contributed by atoms with E-state index in [2.05, 4.69) is 5.32 Å². The number of amides is 1. The number of esters is 1. The summed E-state index contributed by atoms with van der Waals surface area (Å²) in [6.45, 7) is 5.67. The second-order valence-electron chi connectivity index (χ2n) is 6.99. The number of rotatable bonds is 5. The summed E-state index contributed by atoms with van der Waals surface area (Å²) < 4.78 is 10.8. The molecule has 1 unspecified atom stereocenters. The third-order valence-corrected chi connectivity index (χ3v) is 4.98. The van der Waals surface area contributed by atoms with Crippen molar-refractivity contribution in [3.05, 3.63) is 35.1 Å². The molecule has 1 aliphatic rings. The van der Waals surface area contributed by atoms with Crippen molar-refractivity contribution >= 4 is 22.8 Å². The monoisotopic (exact) mass is 343 g/mol. The third-order valence-electron chi connectivity index (χ3n) is 4.98. The number of carbonyl (C=O) groups is 2. The van der Waals surface area contributed by atoms with Crippen molar-refractivity contribution in [1.29, 1.82) is 0 Å². The Kier molecular flexibility index (Phi) is 5.11. The molecule has 134 valence electrons. The smallest absolute Gasteiger partial charge is 0.311 e. The van der Waals surface area contributed by atoms with E-state index in [0.29, 0.717) is 0 Å². The van der Waals surface area contributed by atoms with Crippen LogP contribution in [0.25, 0.3) is 11.0 Å². The normalized spacial score (nSPS) is 16.1. The van der Waals surface area contributed by atoms with Crippen LogP contribution in [0, 0.1) is 13.8 Å². The number of fused-ring (bicyclic) bond motifs is 1. The molecule has 1 saturated carbocycles. The highest BCUT2D eigenvalue weighted by atomic mass is 16.5. The molecule has 0 bridgehead atoms. The van der Waals surface area contributed by atoms with E-state index in [1.807, 2.05) is 26.0 Å². The van der Waals surface area contributed by atoms with Crippen LogP contribution in [-0.4, -0.2) is 24.0 Å². The predicted molar refractivity (Wildman–Crippen MR) is 95.3 cm³/mol. The summed E-state index contributed by atoms with van der Waals surface area (Å²) in [5.41, 5.74) is 3.84. The lowest BCUT2D eigenvalue weighted by atomic mass is 10.0. The van der Waals surface area contributed by atoms with Gasteiger partial charge < -0.3 is 14.5 Å². The van der Waals surface area contributed by atoms with Crippen molar-refractivity contribution < 1.29 is 18.7 Å². The van der Waals surface area contributed by atoms with Gasteiger partial charge in [0.1, 0.15) is 5.58 Å². The highest BCUT2D eigenvalue weighted by Crippen LogP contribution is 2.25. The summed E-state index contributed by atoms with van der Waals surface area (Å²) in [6, 6.07) is 4.21. The van der Waals surface area contributed by atoms with E-state index in [1.54, 1.807) is 13.2 Å². The van der Waals surface area contributed by atoms with Crippen molar-refractivity contribution in [2.45, 2.75) is 65.0 Å². The molecule has 0 saturated heterocycles. The fourth-order valence-electron chi connectivity index (χ4n) is 3.31. The first-order chi connectivity index (χ1) is 11.9. The molecule has 5 heteroatoms. The minimum absolute atomic E-state index is 0.0938. The van der Waals surface area contributed by atoms with E-state index in [1.165, 1.54) is 0 Å². The maximum Gasteiger partial charge on any atom is 0.311 e. The Morgan fingerprint density at radius 1 is 1.24 bits per heavy atom. The molecule has 1 N–H and O–H groups in total. The Bertz CT molecular complexity index is 786. The average Bonchev–Trinajstić information content (AvgIpc) is 3.19. The van der Waals surface area contributed by atoms with Crippen LogP contribution in [0.4, 0.5) is 0 Å². The number of hydrogen-bond acceptors (Lipinski definition) is 4. The fourth-order valence-corrected chi connectivity index (χ4v) is 3.31. The van der Waals surface area contributed by atoms with Crippen LogP contribution in [0.1, 0.15) is 49.3 Å². The molecule has 1 aliphatic carbocycles. The summed E-state index contributed by atoms with van der Waals surface area (Å²) >= 11 is 0. The van der Waals surface area contributed by atoms with Gasteiger partial charge in [-0.1, -0.05) is 12.8 Å². The second kappa shape index (κ2) is 7.30. The zero-order valence-corrected chi connectivity index (χ0v) is 15.1. The molecule has 25 heavy (non-hydrogen) atoms. The van der Waals surface area contributed by atoms with Gasteiger partial charge >= 0.3 is 5.97 Å². The molecule has 1 fully saturated rings. The molecule has 2 aromatic rings. The van der Waals surface area contributed by atoms with Gasteiger partial charge in [0.25, 0.3) is 5.91 Å². The van der Waals surface area contributed by atoms with Gasteiger partial charge in [0.15, 0.2) is 6.10 Å². The largest absolute Gasteiger partial charge is 0.464 e. The first kappa shape index (κ1) is 17.5. The van der Waals surface area contributed by atoms with Crippen LogP contribution >= 0.6 is 0 Å². The predicted octanol–water partition coefficient (Wildman–Crippen LogP) is 3.58. The summed E-state index contributed by atoms with van der Waals surface area (Å²) in [4.78, 5) is 24.3. The van der Waals surface area contributed by atoms with E-state index in [-0.39, 0.29) is 18.4 Å². The molecule has 1 atom stereocenters. The molecule has 1 aromatic heterocycles. The fraction of sp³-hybridized carbons (Fsp3) is 0.500. The second-order valence-corrected chi connectivity index (χ2v) is 6.99. The molecule has 1 amide bonds. The minimum Gasteiger partial charge on any atom is -0.464 e. The molecule has 0 radical (unpaired) electrons. The molecule has 0 spiro atoms. The highest BCUT2D eigenvalue weighted by molar-refractivity contribution is 5.88. The molecule has 1 heterocycles. The lowest BCUT2D eigenvalue weighted by Gasteiger charge is -2.17. The summed E-state index contributed by atoms with van der Waals surface area (Å²) in [7, 11) is 0. The van der Waals surface area contributed by atoms with Crippen LogP contribution in [0.15, 0.2) is 22.8 Å². The van der Waals surface area contributed by atoms with Crippen molar-refractivity contribution in [3.8, 4) is 0 Å². The first-order valence-corrected chi connectivity index (χ1v) is 8.91. The van der Waals surface area contributed by atoms with E-state index in [9.17, 15) is 9.59 Å². The van der Waals surface area contributed by atoms with Crippen molar-refractivity contribution in [1.82, 2.24) is 5.32 Å². The molecule has 1 aromatic carbocycles. The van der Waals surface area contributed by atoms with Crippen LogP contribution in [-0.2, 0) is 20.7 Å². The summed E-state index contributed by atoms with van der Waals surface area (Å²) in [5, 5.41) is 3.87. The highest BCUT2D eigenvalue weighted by Gasteiger charge is 2.23. The van der Waals surface area contributed by atoms with Gasteiger partial charge in [0, 0.05) is 17.0 Å². The number of aryl methyl sites for hydroxylation is 2. The Morgan fingerprint density at radius 3 is 2.64 bits per heavy atom. The van der Waals surface area contributed by atoms with Crippen LogP contribution in [0.2, 0.25) is 0 Å². The van der Waals surface area contributed by atoms with Gasteiger partial charge in [-0.25, -0.2) is 0 Å². The van der Waals surface area contributed by atoms with Gasteiger partial charge in [0.05, 0.1) is 12.7 Å². The minimum atomic E-state index is -0.782. The Labute approximate surface area is 147 Å². The van der Waals surface area contributed by atoms with Gasteiger partial charge in [-0.2, -0.15) is 0 Å². The maximum absolute atomic E-state index is 12.2. The third kappa shape index (κ3) is 4.03. The Balaban J connectivity index is 1.60. The maximum atomic E-state index is 12.2. The molecular formula is C20H25NO4. The summed E-state index contributed by atoms with van der Waals surface area (Å²) in [5.74, 6) is -0.640. The van der Waals surface area contributed by atoms with Gasteiger partial charge in [0.2, 0.25) is 0 Å². The average molecular weight is 343 g/mol. The van der Waals surface area contributed by atoms with Gasteiger partial charge in [-0.05, 0) is 56.9 Å². The lowest BCUT2D eigenvalue weighted by Crippen LogP contribution is -2.41. The Hall–Kier alpha value is -2.30. The number of carbonyl (C=O) groups excluding carboxylic acids is 2. The molecule has 3 rings (SSSR count). The van der Waals surface area contributed by atoms with E-state index < -0.39 is 12.1 Å². The van der Waals surface area contributed by atoms with E-state index in [4.69, 9.17) is 9.15 Å². The number of nitrogens with one attached hydrogen (secondary N) is 1. The van der Waals surface area contributed by atoms with Crippen LogP contribution in [0.3, 0.4) is 0 Å². The number of benzene rings is 1. The standard InChI is InChI=1S/C20H25NO4/c1-12-8-17-15(11-24-18(17)9-13(12)2)10-19(22)25-14(3)20(23)21-16-6-4-5-7-16/h8-9,11,14,16H,4-7,10H2,1-3H3,(H,21,23). The first-order valence-electron chi connectivity index (χ1n) is 8.91. The topological polar surface area (TPSA) is 68.5 Å². The number of furan rings is 1.